The number of benzene rings is 1. The summed E-state index contributed by atoms with van der Waals surface area (Å²) < 4.78 is 2.20. The molecule has 1 aromatic heterocycles. The molecule has 1 aliphatic heterocycles. The predicted octanol–water partition coefficient (Wildman–Crippen LogP) is 3.07. The lowest BCUT2D eigenvalue weighted by Crippen LogP contribution is -2.48. The summed E-state index contributed by atoms with van der Waals surface area (Å²) >= 11 is 0. The maximum Gasteiger partial charge on any atom is 0.251 e. The maximum atomic E-state index is 12.4. The Bertz CT molecular complexity index is 847. The van der Waals surface area contributed by atoms with Crippen molar-refractivity contribution in [3.05, 3.63) is 54.1 Å². The second-order valence-corrected chi connectivity index (χ2v) is 8.17. The van der Waals surface area contributed by atoms with E-state index >= 15 is 0 Å². The number of aliphatic imine (C=N–C) groups is 1. The second kappa shape index (κ2) is 10.3. The molecule has 1 aliphatic rings. The van der Waals surface area contributed by atoms with Gasteiger partial charge in [0, 0.05) is 50.7 Å². The number of carbonyl (C=O) groups is 1. The van der Waals surface area contributed by atoms with Gasteiger partial charge in [-0.3, -0.25) is 9.79 Å². The molecule has 7 heteroatoms. The summed E-state index contributed by atoms with van der Waals surface area (Å²) in [5, 5.41) is 6.50. The molecule has 0 saturated carbocycles. The maximum absolute atomic E-state index is 12.4. The van der Waals surface area contributed by atoms with E-state index < -0.39 is 0 Å². The normalized spacial score (nSPS) is 20.7. The van der Waals surface area contributed by atoms with Gasteiger partial charge in [0.2, 0.25) is 0 Å². The Labute approximate surface area is 179 Å². The number of aromatic nitrogens is 2. The molecule has 0 radical (unpaired) electrons. The highest BCUT2D eigenvalue weighted by atomic mass is 16.1. The smallest absolute Gasteiger partial charge is 0.251 e. The zero-order chi connectivity index (χ0) is 21.5. The lowest BCUT2D eigenvalue weighted by Gasteiger charge is -2.39. The van der Waals surface area contributed by atoms with Crippen LogP contribution in [0.5, 0.6) is 0 Å². The lowest BCUT2D eigenvalue weighted by molar-refractivity contribution is 0.0939. The average molecular weight is 411 g/mol. The Hall–Kier alpha value is -2.83. The van der Waals surface area contributed by atoms with Gasteiger partial charge in [-0.05, 0) is 43.4 Å². The third-order valence-electron chi connectivity index (χ3n) is 5.97. The van der Waals surface area contributed by atoms with Crippen molar-refractivity contribution in [2.24, 2.45) is 10.9 Å². The van der Waals surface area contributed by atoms with E-state index in [0.29, 0.717) is 24.1 Å². The number of hydrogen-bond donors (Lipinski definition) is 2. The quantitative estimate of drug-likeness (QED) is 0.567. The highest BCUT2D eigenvalue weighted by Gasteiger charge is 2.28. The highest BCUT2D eigenvalue weighted by Crippen LogP contribution is 2.27. The number of nitrogens with one attached hydrogen (secondary N) is 2. The van der Waals surface area contributed by atoms with Crippen LogP contribution in [-0.2, 0) is 6.54 Å². The first-order valence-electron chi connectivity index (χ1n) is 10.8. The second-order valence-electron chi connectivity index (χ2n) is 8.17. The van der Waals surface area contributed by atoms with Gasteiger partial charge in [0.1, 0.15) is 0 Å². The number of guanidine groups is 1. The molecule has 162 valence electrons. The molecule has 3 rings (SSSR count). The van der Waals surface area contributed by atoms with E-state index in [9.17, 15) is 4.79 Å². The number of carbonyl (C=O) groups excluding carboxylic acids is 1. The molecule has 1 aromatic carbocycles. The first-order chi connectivity index (χ1) is 14.5. The monoisotopic (exact) mass is 410 g/mol. The van der Waals surface area contributed by atoms with Crippen LogP contribution in [0.25, 0.3) is 0 Å². The molecule has 1 amide bonds. The van der Waals surface area contributed by atoms with Crippen LogP contribution < -0.4 is 10.6 Å². The van der Waals surface area contributed by atoms with Crippen molar-refractivity contribution in [3.63, 3.8) is 0 Å². The minimum Gasteiger partial charge on any atom is -0.352 e. The number of hydrogen-bond acceptors (Lipinski definition) is 3. The molecule has 0 bridgehead atoms. The Morgan fingerprint density at radius 3 is 2.93 bits per heavy atom. The van der Waals surface area contributed by atoms with Gasteiger partial charge in [-0.15, -0.1) is 0 Å². The molecule has 7 nitrogen and oxygen atoms in total. The van der Waals surface area contributed by atoms with Gasteiger partial charge in [-0.1, -0.05) is 26.0 Å². The van der Waals surface area contributed by atoms with Gasteiger partial charge in [0.25, 0.3) is 5.91 Å². The Kier molecular flexibility index (Phi) is 7.49. The van der Waals surface area contributed by atoms with Gasteiger partial charge >= 0.3 is 0 Å². The summed E-state index contributed by atoms with van der Waals surface area (Å²) in [5.41, 5.74) is 1.75. The van der Waals surface area contributed by atoms with Crippen molar-refractivity contribution in [1.29, 1.82) is 0 Å². The molecule has 1 saturated heterocycles. The van der Waals surface area contributed by atoms with E-state index in [0.717, 1.165) is 37.5 Å². The van der Waals surface area contributed by atoms with Crippen LogP contribution in [-0.4, -0.2) is 52.5 Å². The zero-order valence-corrected chi connectivity index (χ0v) is 18.5. The molecule has 3 atom stereocenters. The van der Waals surface area contributed by atoms with Crippen molar-refractivity contribution in [3.8, 4) is 0 Å². The molecule has 30 heavy (non-hydrogen) atoms. The van der Waals surface area contributed by atoms with E-state index in [-0.39, 0.29) is 11.9 Å². The average Bonchev–Trinajstić information content (AvgIpc) is 3.30. The fourth-order valence-electron chi connectivity index (χ4n) is 3.84. The van der Waals surface area contributed by atoms with Gasteiger partial charge in [-0.2, -0.15) is 0 Å². The SMILES string of the molecule is CCC(C)NC(=O)c1cccc(CNC(=NC)N2CCC(C)C(n3ccnc3)C2)c1. The van der Waals surface area contributed by atoms with E-state index in [1.54, 1.807) is 0 Å². The van der Waals surface area contributed by atoms with Gasteiger partial charge < -0.3 is 20.1 Å². The molecule has 2 N–H and O–H groups in total. The molecular formula is C23H34N6O. The number of rotatable bonds is 6. The van der Waals surface area contributed by atoms with E-state index in [2.05, 4.69) is 43.9 Å². The Morgan fingerprint density at radius 1 is 1.40 bits per heavy atom. The Balaban J connectivity index is 1.62. The summed E-state index contributed by atoms with van der Waals surface area (Å²) in [5.74, 6) is 1.46. The van der Waals surface area contributed by atoms with Crippen LogP contribution in [0.15, 0.2) is 48.0 Å². The molecule has 0 aliphatic carbocycles. The van der Waals surface area contributed by atoms with Crippen molar-refractivity contribution in [1.82, 2.24) is 25.1 Å². The van der Waals surface area contributed by atoms with Crippen molar-refractivity contribution < 1.29 is 4.79 Å². The number of piperidine rings is 1. The minimum absolute atomic E-state index is 0.0243. The summed E-state index contributed by atoms with van der Waals surface area (Å²) in [7, 11) is 1.82. The molecule has 0 spiro atoms. The summed E-state index contributed by atoms with van der Waals surface area (Å²) in [6.45, 7) is 8.88. The van der Waals surface area contributed by atoms with Crippen LogP contribution in [0.1, 0.15) is 55.6 Å². The largest absolute Gasteiger partial charge is 0.352 e. The number of imidazole rings is 1. The zero-order valence-electron chi connectivity index (χ0n) is 18.5. The standard InChI is InChI=1S/C23H34N6O/c1-5-18(3)27-22(30)20-8-6-7-19(13-20)14-26-23(24-4)28-11-9-17(2)21(15-28)29-12-10-25-16-29/h6-8,10,12-13,16-18,21H,5,9,11,14-15H2,1-4H3,(H,24,26)(H,27,30). The van der Waals surface area contributed by atoms with Gasteiger partial charge in [-0.25, -0.2) is 4.98 Å². The lowest BCUT2D eigenvalue weighted by atomic mass is 9.93. The fourth-order valence-corrected chi connectivity index (χ4v) is 3.84. The topological polar surface area (TPSA) is 74.6 Å². The van der Waals surface area contributed by atoms with Crippen LogP contribution >= 0.6 is 0 Å². The predicted molar refractivity (Wildman–Crippen MR) is 120 cm³/mol. The van der Waals surface area contributed by atoms with Crippen LogP contribution in [0.4, 0.5) is 0 Å². The third kappa shape index (κ3) is 5.40. The molecule has 2 aromatic rings. The van der Waals surface area contributed by atoms with Gasteiger partial charge in [0.15, 0.2) is 5.96 Å². The highest BCUT2D eigenvalue weighted by molar-refractivity contribution is 5.94. The molecule has 1 fully saturated rings. The van der Waals surface area contributed by atoms with Crippen molar-refractivity contribution in [2.45, 2.75) is 52.2 Å². The first-order valence-corrected chi connectivity index (χ1v) is 10.8. The van der Waals surface area contributed by atoms with Crippen LogP contribution in [0.2, 0.25) is 0 Å². The van der Waals surface area contributed by atoms with Crippen LogP contribution in [0, 0.1) is 5.92 Å². The Morgan fingerprint density at radius 2 is 2.23 bits per heavy atom. The number of likely N-dealkylation sites (tertiary alicyclic amines) is 1. The summed E-state index contributed by atoms with van der Waals surface area (Å²) in [6, 6.07) is 8.33. The van der Waals surface area contributed by atoms with E-state index in [4.69, 9.17) is 0 Å². The van der Waals surface area contributed by atoms with E-state index in [1.165, 1.54) is 0 Å². The van der Waals surface area contributed by atoms with Crippen molar-refractivity contribution in [2.75, 3.05) is 20.1 Å². The first kappa shape index (κ1) is 21.9. The molecular weight excluding hydrogens is 376 g/mol. The van der Waals surface area contributed by atoms with Crippen LogP contribution in [0.3, 0.4) is 0 Å². The minimum atomic E-state index is -0.0243. The third-order valence-corrected chi connectivity index (χ3v) is 5.97. The summed E-state index contributed by atoms with van der Waals surface area (Å²) in [4.78, 5) is 23.4. The summed E-state index contributed by atoms with van der Waals surface area (Å²) in [6.07, 6.45) is 7.80. The molecule has 2 heterocycles. The number of amides is 1. The molecule has 3 unspecified atom stereocenters. The van der Waals surface area contributed by atoms with Gasteiger partial charge in [0.05, 0.1) is 12.4 Å². The van der Waals surface area contributed by atoms with Crippen molar-refractivity contribution >= 4 is 11.9 Å². The van der Waals surface area contributed by atoms with E-state index in [1.807, 2.05) is 57.0 Å². The fraction of sp³-hybridized carbons (Fsp3) is 0.522. The number of nitrogens with zero attached hydrogens (tertiary/aromatic N) is 4.